The second kappa shape index (κ2) is 4.68. The van der Waals surface area contributed by atoms with Crippen LogP contribution in [0.15, 0.2) is 30.3 Å². The van der Waals surface area contributed by atoms with Gasteiger partial charge in [-0.1, -0.05) is 30.3 Å². The van der Waals surface area contributed by atoms with E-state index in [9.17, 15) is 8.78 Å². The van der Waals surface area contributed by atoms with E-state index < -0.39 is 34.9 Å². The lowest BCUT2D eigenvalue weighted by Gasteiger charge is -2.32. The molecule has 2 unspecified atom stereocenters. The first-order valence-corrected chi connectivity index (χ1v) is 7.90. The summed E-state index contributed by atoms with van der Waals surface area (Å²) >= 11 is 6.48. The van der Waals surface area contributed by atoms with Crippen LogP contribution in [-0.4, -0.2) is 29.5 Å². The van der Waals surface area contributed by atoms with E-state index in [-0.39, 0.29) is 6.42 Å². The van der Waals surface area contributed by atoms with Gasteiger partial charge in [-0.2, -0.15) is 0 Å². The summed E-state index contributed by atoms with van der Waals surface area (Å²) in [5.41, 5.74) is -2.06. The number of hydrogen-bond acceptors (Lipinski definition) is 2. The van der Waals surface area contributed by atoms with Crippen molar-refractivity contribution in [3.8, 4) is 0 Å². The minimum Gasteiger partial charge on any atom is -0.402 e. The summed E-state index contributed by atoms with van der Waals surface area (Å²) in [5, 5.41) is -0.953. The third-order valence-corrected chi connectivity index (χ3v) is 5.88. The van der Waals surface area contributed by atoms with Gasteiger partial charge >= 0.3 is 7.12 Å². The van der Waals surface area contributed by atoms with Gasteiger partial charge in [-0.05, 0) is 33.3 Å². The first kappa shape index (κ1) is 16.2. The van der Waals surface area contributed by atoms with Gasteiger partial charge in [-0.15, -0.1) is 11.6 Å². The van der Waals surface area contributed by atoms with E-state index in [0.29, 0.717) is 5.56 Å². The average molecular weight is 329 g/mol. The van der Waals surface area contributed by atoms with Gasteiger partial charge in [0.2, 0.25) is 0 Å². The van der Waals surface area contributed by atoms with Crippen molar-refractivity contribution in [2.75, 3.05) is 0 Å². The van der Waals surface area contributed by atoms with Gasteiger partial charge in [0.05, 0.1) is 21.9 Å². The molecule has 2 nitrogen and oxygen atoms in total. The molecule has 0 radical (unpaired) electrons. The Bertz CT molecular complexity index is 563. The molecule has 2 fully saturated rings. The Hall–Kier alpha value is -0.645. The predicted octanol–water partition coefficient (Wildman–Crippen LogP) is 4.20. The molecule has 1 heterocycles. The minimum atomic E-state index is -2.84. The topological polar surface area (TPSA) is 18.5 Å². The molecular formula is C16H20BClF2O2. The van der Waals surface area contributed by atoms with Gasteiger partial charge < -0.3 is 9.31 Å². The van der Waals surface area contributed by atoms with E-state index in [0.717, 1.165) is 0 Å². The second-order valence-corrected chi connectivity index (χ2v) is 7.72. The van der Waals surface area contributed by atoms with Crippen molar-refractivity contribution in [2.24, 2.45) is 0 Å². The van der Waals surface area contributed by atoms with E-state index in [1.807, 2.05) is 27.7 Å². The number of alkyl halides is 3. The summed E-state index contributed by atoms with van der Waals surface area (Å²) in [6, 6.07) is 8.69. The van der Waals surface area contributed by atoms with Crippen LogP contribution in [0.3, 0.4) is 0 Å². The van der Waals surface area contributed by atoms with Crippen LogP contribution in [-0.2, 0) is 14.7 Å². The maximum Gasteiger partial charge on any atom is 0.478 e. The van der Waals surface area contributed by atoms with Crippen molar-refractivity contribution in [2.45, 2.75) is 61.9 Å². The molecule has 22 heavy (non-hydrogen) atoms. The van der Waals surface area contributed by atoms with Gasteiger partial charge in [0, 0.05) is 6.42 Å². The fourth-order valence-corrected chi connectivity index (χ4v) is 3.52. The van der Waals surface area contributed by atoms with Crippen LogP contribution in [0.2, 0.25) is 0 Å². The highest BCUT2D eigenvalue weighted by molar-refractivity contribution is 6.61. The summed E-state index contributed by atoms with van der Waals surface area (Å²) in [5.74, 6) is -2.84. The highest BCUT2D eigenvalue weighted by atomic mass is 35.5. The zero-order chi connectivity index (χ0) is 16.4. The summed E-state index contributed by atoms with van der Waals surface area (Å²) in [6.45, 7) is 7.54. The molecule has 3 rings (SSSR count). The standard InChI is InChI=1S/C16H20BClF2O2/c1-13(2)14(3,4)22-17(21-13)12(18)15(10-16(15,19)20)11-8-6-5-7-9-11/h5-9,12H,10H2,1-4H3. The lowest BCUT2D eigenvalue weighted by atomic mass is 9.71. The molecule has 120 valence electrons. The first-order chi connectivity index (χ1) is 10.0. The maximum absolute atomic E-state index is 14.2. The monoisotopic (exact) mass is 328 g/mol. The zero-order valence-electron chi connectivity index (χ0n) is 13.2. The molecule has 1 aliphatic carbocycles. The predicted molar refractivity (Wildman–Crippen MR) is 83.4 cm³/mol. The molecule has 1 saturated heterocycles. The molecule has 6 heteroatoms. The van der Waals surface area contributed by atoms with Gasteiger partial charge in [-0.3, -0.25) is 0 Å². The van der Waals surface area contributed by atoms with Gasteiger partial charge in [0.1, 0.15) is 0 Å². The first-order valence-electron chi connectivity index (χ1n) is 7.47. The highest BCUT2D eigenvalue weighted by Gasteiger charge is 2.78. The molecule has 1 aromatic carbocycles. The van der Waals surface area contributed by atoms with Crippen molar-refractivity contribution in [3.05, 3.63) is 35.9 Å². The van der Waals surface area contributed by atoms with Crippen LogP contribution >= 0.6 is 11.6 Å². The lowest BCUT2D eigenvalue weighted by molar-refractivity contribution is 0.00578. The van der Waals surface area contributed by atoms with E-state index in [1.54, 1.807) is 30.3 Å². The summed E-state index contributed by atoms with van der Waals surface area (Å²) in [6.07, 6.45) is -0.276. The molecule has 2 atom stereocenters. The molecule has 1 aliphatic heterocycles. The fourth-order valence-electron chi connectivity index (χ4n) is 3.05. The van der Waals surface area contributed by atoms with E-state index in [4.69, 9.17) is 20.9 Å². The molecule has 0 amide bonds. The Morgan fingerprint density at radius 3 is 1.91 bits per heavy atom. The number of rotatable bonds is 3. The summed E-state index contributed by atoms with van der Waals surface area (Å²) in [7, 11) is -0.861. The van der Waals surface area contributed by atoms with Gasteiger partial charge in [0.25, 0.3) is 5.92 Å². The maximum atomic E-state index is 14.2. The van der Waals surface area contributed by atoms with Crippen LogP contribution in [0.25, 0.3) is 0 Å². The quantitative estimate of drug-likeness (QED) is 0.611. The molecule has 1 aromatic rings. The fraction of sp³-hybridized carbons (Fsp3) is 0.625. The van der Waals surface area contributed by atoms with E-state index in [2.05, 4.69) is 0 Å². The van der Waals surface area contributed by atoms with Crippen LogP contribution in [0.1, 0.15) is 39.7 Å². The van der Waals surface area contributed by atoms with E-state index >= 15 is 0 Å². The van der Waals surface area contributed by atoms with E-state index in [1.165, 1.54) is 0 Å². The SMILES string of the molecule is CC1(C)OB(C(Cl)C2(c3ccccc3)CC2(F)F)OC1(C)C. The second-order valence-electron chi connectivity index (χ2n) is 7.25. The Morgan fingerprint density at radius 2 is 1.50 bits per heavy atom. The van der Waals surface area contributed by atoms with Crippen molar-refractivity contribution < 1.29 is 18.1 Å². The number of halogens is 3. The lowest BCUT2D eigenvalue weighted by Crippen LogP contribution is -2.42. The van der Waals surface area contributed by atoms with Crippen molar-refractivity contribution >= 4 is 18.7 Å². The van der Waals surface area contributed by atoms with Crippen LogP contribution in [0.4, 0.5) is 8.78 Å². The van der Waals surface area contributed by atoms with Crippen molar-refractivity contribution in [3.63, 3.8) is 0 Å². The molecule has 0 bridgehead atoms. The molecule has 2 aliphatic rings. The Labute approximate surface area is 135 Å². The van der Waals surface area contributed by atoms with Crippen LogP contribution in [0.5, 0.6) is 0 Å². The van der Waals surface area contributed by atoms with Crippen LogP contribution in [0, 0.1) is 0 Å². The number of benzene rings is 1. The Morgan fingerprint density at radius 1 is 1.05 bits per heavy atom. The normalized spacial score (nSPS) is 32.8. The third-order valence-electron chi connectivity index (χ3n) is 5.30. The smallest absolute Gasteiger partial charge is 0.402 e. The molecule has 0 N–H and O–H groups in total. The van der Waals surface area contributed by atoms with Crippen LogP contribution < -0.4 is 0 Å². The van der Waals surface area contributed by atoms with Gasteiger partial charge in [-0.25, -0.2) is 8.78 Å². The summed E-state index contributed by atoms with van der Waals surface area (Å²) < 4.78 is 40.2. The third kappa shape index (κ3) is 2.13. The van der Waals surface area contributed by atoms with Crippen molar-refractivity contribution in [1.29, 1.82) is 0 Å². The summed E-state index contributed by atoms with van der Waals surface area (Å²) in [4.78, 5) is 0. The molecular weight excluding hydrogens is 308 g/mol. The highest BCUT2D eigenvalue weighted by Crippen LogP contribution is 2.65. The molecule has 0 aromatic heterocycles. The minimum absolute atomic E-state index is 0.276. The zero-order valence-corrected chi connectivity index (χ0v) is 14.0. The number of hydrogen-bond donors (Lipinski definition) is 0. The average Bonchev–Trinajstić information content (AvgIpc) is 2.93. The molecule has 0 spiro atoms. The Kier molecular flexibility index (Phi) is 3.45. The Balaban J connectivity index is 1.93. The van der Waals surface area contributed by atoms with Gasteiger partial charge in [0.15, 0.2) is 0 Å². The van der Waals surface area contributed by atoms with Crippen molar-refractivity contribution in [1.82, 2.24) is 0 Å². The molecule has 1 saturated carbocycles. The largest absolute Gasteiger partial charge is 0.478 e.